The summed E-state index contributed by atoms with van der Waals surface area (Å²) >= 11 is 7.42. The summed E-state index contributed by atoms with van der Waals surface area (Å²) in [6.07, 6.45) is 4.54. The molecule has 2 aliphatic heterocycles. The van der Waals surface area contributed by atoms with Crippen LogP contribution in [0.5, 0.6) is 0 Å². The van der Waals surface area contributed by atoms with Crippen LogP contribution < -0.4 is 4.90 Å². The zero-order valence-corrected chi connectivity index (χ0v) is 20.9. The highest BCUT2D eigenvalue weighted by Gasteiger charge is 2.37. The summed E-state index contributed by atoms with van der Waals surface area (Å²) in [7, 11) is 0. The van der Waals surface area contributed by atoms with Gasteiger partial charge in [0.05, 0.1) is 16.5 Å². The van der Waals surface area contributed by atoms with E-state index in [9.17, 15) is 14.4 Å². The number of carbonyl (C=O) groups excluding carboxylic acids is 3. The Balaban J connectivity index is 1.93. The van der Waals surface area contributed by atoms with Crippen LogP contribution in [0.1, 0.15) is 59.1 Å². The van der Waals surface area contributed by atoms with Crippen molar-refractivity contribution in [3.63, 3.8) is 0 Å². The molecule has 3 rings (SSSR count). The molecule has 172 valence electrons. The summed E-state index contributed by atoms with van der Waals surface area (Å²) in [5, 5.41) is 0.00403. The maximum absolute atomic E-state index is 12.8. The van der Waals surface area contributed by atoms with Crippen molar-refractivity contribution in [3.05, 3.63) is 39.3 Å². The summed E-state index contributed by atoms with van der Waals surface area (Å²) in [5.41, 5.74) is 3.76. The van der Waals surface area contributed by atoms with Crippen LogP contribution in [0.15, 0.2) is 23.1 Å². The number of carbonyl (C=O) groups is 3. The molecule has 0 aliphatic carbocycles. The van der Waals surface area contributed by atoms with Gasteiger partial charge in [-0.1, -0.05) is 24.6 Å². The Morgan fingerprint density at radius 3 is 2.59 bits per heavy atom. The van der Waals surface area contributed by atoms with Gasteiger partial charge in [-0.2, -0.15) is 0 Å². The number of rotatable bonds is 6. The van der Waals surface area contributed by atoms with E-state index in [4.69, 9.17) is 16.3 Å². The molecule has 0 saturated carbocycles. The summed E-state index contributed by atoms with van der Waals surface area (Å²) in [6.45, 7) is 12.5. The zero-order chi connectivity index (χ0) is 23.8. The lowest BCUT2D eigenvalue weighted by Gasteiger charge is -2.43. The van der Waals surface area contributed by atoms with Gasteiger partial charge in [0, 0.05) is 22.8 Å². The number of hydrogen-bond donors (Lipinski definition) is 0. The minimum Gasteiger partial charge on any atom is -0.462 e. The van der Waals surface area contributed by atoms with Crippen LogP contribution in [-0.4, -0.2) is 46.7 Å². The average molecular weight is 477 g/mol. The predicted molar refractivity (Wildman–Crippen MR) is 131 cm³/mol. The van der Waals surface area contributed by atoms with Crippen molar-refractivity contribution in [2.45, 2.75) is 59.6 Å². The molecule has 1 saturated heterocycles. The van der Waals surface area contributed by atoms with Crippen molar-refractivity contribution < 1.29 is 19.1 Å². The van der Waals surface area contributed by atoms with Crippen LogP contribution in [0.3, 0.4) is 0 Å². The minimum absolute atomic E-state index is 0.134. The van der Waals surface area contributed by atoms with E-state index in [0.717, 1.165) is 46.5 Å². The van der Waals surface area contributed by atoms with E-state index in [0.29, 0.717) is 10.6 Å². The van der Waals surface area contributed by atoms with Gasteiger partial charge in [0.1, 0.15) is 6.54 Å². The van der Waals surface area contributed by atoms with Gasteiger partial charge in [-0.15, -0.1) is 0 Å². The molecule has 8 heteroatoms. The molecule has 1 fully saturated rings. The molecule has 2 aliphatic rings. The zero-order valence-electron chi connectivity index (χ0n) is 19.3. The van der Waals surface area contributed by atoms with Gasteiger partial charge in [-0.05, 0) is 82.1 Å². The van der Waals surface area contributed by atoms with Crippen LogP contribution in [0, 0.1) is 0 Å². The highest BCUT2D eigenvalue weighted by atomic mass is 35.5. The molecule has 6 nitrogen and oxygen atoms in total. The molecule has 0 N–H and O–H groups in total. The molecule has 0 unspecified atom stereocenters. The van der Waals surface area contributed by atoms with Crippen molar-refractivity contribution in [3.8, 4) is 0 Å². The summed E-state index contributed by atoms with van der Waals surface area (Å²) in [5.74, 6) is -1.13. The fourth-order valence-corrected chi connectivity index (χ4v) is 5.11. The maximum atomic E-state index is 12.8. The number of esters is 1. The van der Waals surface area contributed by atoms with E-state index >= 15 is 0 Å². The van der Waals surface area contributed by atoms with E-state index in [1.54, 1.807) is 19.9 Å². The normalized spacial score (nSPS) is 19.0. The SMILES string of the molecule is CCCN1c2cc(Cl)c(/C=C3\SC(=O)N(CC(=O)OC(C)C)C3=O)cc2C(C)=CC1(C)C. The fraction of sp³-hybridized carbons (Fsp3) is 0.458. The van der Waals surface area contributed by atoms with Crippen molar-refractivity contribution in [2.24, 2.45) is 0 Å². The van der Waals surface area contributed by atoms with Crippen molar-refractivity contribution in [1.29, 1.82) is 0 Å². The molecule has 1 aromatic rings. The third-order valence-electron chi connectivity index (χ3n) is 5.36. The van der Waals surface area contributed by atoms with Gasteiger partial charge in [0.2, 0.25) is 0 Å². The van der Waals surface area contributed by atoms with Crippen molar-refractivity contribution >= 4 is 57.8 Å². The third kappa shape index (κ3) is 4.89. The van der Waals surface area contributed by atoms with Gasteiger partial charge >= 0.3 is 5.97 Å². The van der Waals surface area contributed by atoms with Gasteiger partial charge in [-0.3, -0.25) is 19.3 Å². The van der Waals surface area contributed by atoms with Crippen LogP contribution in [-0.2, 0) is 14.3 Å². The summed E-state index contributed by atoms with van der Waals surface area (Å²) < 4.78 is 5.06. The molecule has 0 radical (unpaired) electrons. The Morgan fingerprint density at radius 1 is 1.28 bits per heavy atom. The van der Waals surface area contributed by atoms with Crippen LogP contribution >= 0.6 is 23.4 Å². The largest absolute Gasteiger partial charge is 0.462 e. The molecule has 0 bridgehead atoms. The number of nitrogens with zero attached hydrogens (tertiary/aromatic N) is 2. The first-order valence-electron chi connectivity index (χ1n) is 10.7. The van der Waals surface area contributed by atoms with Crippen molar-refractivity contribution in [1.82, 2.24) is 4.90 Å². The number of imide groups is 1. The molecular formula is C24H29ClN2O4S. The van der Waals surface area contributed by atoms with Gasteiger partial charge in [0.15, 0.2) is 0 Å². The minimum atomic E-state index is -0.616. The van der Waals surface area contributed by atoms with Gasteiger partial charge < -0.3 is 9.64 Å². The number of benzene rings is 1. The second-order valence-electron chi connectivity index (χ2n) is 8.83. The van der Waals surface area contributed by atoms with E-state index in [-0.39, 0.29) is 16.5 Å². The number of halogens is 1. The molecule has 2 amide bonds. The van der Waals surface area contributed by atoms with Crippen LogP contribution in [0.4, 0.5) is 10.5 Å². The smallest absolute Gasteiger partial charge is 0.326 e. The molecule has 32 heavy (non-hydrogen) atoms. The number of allylic oxidation sites excluding steroid dienone is 1. The number of amides is 2. The number of ether oxygens (including phenoxy) is 1. The molecule has 2 heterocycles. The quantitative estimate of drug-likeness (QED) is 0.385. The fourth-order valence-electron chi connectivity index (χ4n) is 4.06. The second-order valence-corrected chi connectivity index (χ2v) is 10.2. The lowest BCUT2D eigenvalue weighted by molar-refractivity contribution is -0.149. The molecule has 1 aromatic carbocycles. The van der Waals surface area contributed by atoms with Crippen LogP contribution in [0.2, 0.25) is 5.02 Å². The number of anilines is 1. The Labute approximate surface area is 198 Å². The third-order valence-corrected chi connectivity index (χ3v) is 6.59. The highest BCUT2D eigenvalue weighted by molar-refractivity contribution is 8.18. The predicted octanol–water partition coefficient (Wildman–Crippen LogP) is 5.74. The van der Waals surface area contributed by atoms with E-state index in [1.165, 1.54) is 0 Å². The number of hydrogen-bond acceptors (Lipinski definition) is 6. The maximum Gasteiger partial charge on any atom is 0.326 e. The Kier molecular flexibility index (Phi) is 7.10. The van der Waals surface area contributed by atoms with Gasteiger partial charge in [-0.25, -0.2) is 0 Å². The first-order chi connectivity index (χ1) is 14.9. The Bertz CT molecular complexity index is 1030. The lowest BCUT2D eigenvalue weighted by atomic mass is 9.87. The first-order valence-corrected chi connectivity index (χ1v) is 11.9. The van der Waals surface area contributed by atoms with E-state index < -0.39 is 23.7 Å². The molecular weight excluding hydrogens is 448 g/mol. The Morgan fingerprint density at radius 2 is 1.97 bits per heavy atom. The second kappa shape index (κ2) is 9.32. The van der Waals surface area contributed by atoms with E-state index in [1.807, 2.05) is 12.1 Å². The first kappa shape index (κ1) is 24.4. The van der Waals surface area contributed by atoms with Crippen molar-refractivity contribution in [2.75, 3.05) is 18.0 Å². The van der Waals surface area contributed by atoms with Gasteiger partial charge in [0.25, 0.3) is 11.1 Å². The standard InChI is InChI=1S/C24H29ClN2O4S/c1-7-8-27-19-11-18(25)16(9-17(19)15(4)12-24(27,5)6)10-20-22(29)26(23(30)32-20)13-21(28)31-14(2)3/h9-12,14H,7-8,13H2,1-6H3/b20-10-. The number of thioether (sulfide) groups is 1. The monoisotopic (exact) mass is 476 g/mol. The topological polar surface area (TPSA) is 66.9 Å². The highest BCUT2D eigenvalue weighted by Crippen LogP contribution is 2.42. The lowest BCUT2D eigenvalue weighted by Crippen LogP contribution is -2.45. The molecule has 0 aromatic heterocycles. The average Bonchev–Trinajstić information content (AvgIpc) is 2.92. The summed E-state index contributed by atoms with van der Waals surface area (Å²) in [6, 6.07) is 3.89. The molecule has 0 atom stereocenters. The molecule has 0 spiro atoms. The summed E-state index contributed by atoms with van der Waals surface area (Å²) in [4.78, 5) is 40.5. The Hall–Kier alpha value is -2.25. The van der Waals surface area contributed by atoms with Crippen LogP contribution in [0.25, 0.3) is 11.6 Å². The number of fused-ring (bicyclic) bond motifs is 1. The van der Waals surface area contributed by atoms with E-state index in [2.05, 4.69) is 38.7 Å².